The Morgan fingerprint density at radius 3 is 2.88 bits per heavy atom. The standard InChI is InChI=1S/C6H10IN/c1-6-4-2-3-5-8(6)7/h2,4,6H,3,5H2,1H3. The Morgan fingerprint density at radius 1 is 1.75 bits per heavy atom. The number of rotatable bonds is 0. The fraction of sp³-hybridized carbons (Fsp3) is 0.667. The lowest BCUT2D eigenvalue weighted by Gasteiger charge is -2.21. The van der Waals surface area contributed by atoms with E-state index in [9.17, 15) is 0 Å². The predicted octanol–water partition coefficient (Wildman–Crippen LogP) is 1.99. The maximum absolute atomic E-state index is 2.36. The third kappa shape index (κ3) is 1.45. The first kappa shape index (κ1) is 6.55. The molecule has 0 fully saturated rings. The van der Waals surface area contributed by atoms with Crippen molar-refractivity contribution in [3.8, 4) is 0 Å². The van der Waals surface area contributed by atoms with Gasteiger partial charge in [0.25, 0.3) is 0 Å². The van der Waals surface area contributed by atoms with Crippen molar-refractivity contribution in [3.05, 3.63) is 12.2 Å². The van der Waals surface area contributed by atoms with Gasteiger partial charge in [-0.25, -0.2) is 3.11 Å². The van der Waals surface area contributed by atoms with Crippen LogP contribution in [0.3, 0.4) is 0 Å². The minimum Gasteiger partial charge on any atom is -0.241 e. The van der Waals surface area contributed by atoms with Crippen LogP contribution >= 0.6 is 22.9 Å². The molecule has 0 amide bonds. The lowest BCUT2D eigenvalue weighted by molar-refractivity contribution is 0.452. The second kappa shape index (κ2) is 2.82. The van der Waals surface area contributed by atoms with Crippen molar-refractivity contribution in [1.82, 2.24) is 3.11 Å². The molecule has 0 aliphatic carbocycles. The molecule has 0 saturated carbocycles. The third-order valence-electron chi connectivity index (χ3n) is 1.37. The van der Waals surface area contributed by atoms with Crippen molar-refractivity contribution in [2.75, 3.05) is 6.54 Å². The van der Waals surface area contributed by atoms with Crippen LogP contribution in [0.15, 0.2) is 12.2 Å². The van der Waals surface area contributed by atoms with E-state index >= 15 is 0 Å². The van der Waals surface area contributed by atoms with Gasteiger partial charge < -0.3 is 0 Å². The molecule has 1 heterocycles. The highest BCUT2D eigenvalue weighted by Gasteiger charge is 2.08. The van der Waals surface area contributed by atoms with Gasteiger partial charge in [0.1, 0.15) is 0 Å². The molecule has 1 nitrogen and oxygen atoms in total. The van der Waals surface area contributed by atoms with Crippen molar-refractivity contribution in [3.63, 3.8) is 0 Å². The fourth-order valence-electron chi connectivity index (χ4n) is 0.788. The van der Waals surface area contributed by atoms with Crippen LogP contribution in [0.5, 0.6) is 0 Å². The molecular weight excluding hydrogens is 213 g/mol. The van der Waals surface area contributed by atoms with Crippen molar-refractivity contribution >= 4 is 22.9 Å². The van der Waals surface area contributed by atoms with Crippen LogP contribution in [0.1, 0.15) is 13.3 Å². The zero-order chi connectivity index (χ0) is 5.98. The molecule has 0 spiro atoms. The van der Waals surface area contributed by atoms with Crippen molar-refractivity contribution in [2.24, 2.45) is 0 Å². The molecule has 0 saturated heterocycles. The summed E-state index contributed by atoms with van der Waals surface area (Å²) in [4.78, 5) is 0. The molecule has 8 heavy (non-hydrogen) atoms. The summed E-state index contributed by atoms with van der Waals surface area (Å²) in [7, 11) is 0. The average molecular weight is 223 g/mol. The minimum absolute atomic E-state index is 0.643. The van der Waals surface area contributed by atoms with E-state index in [0.717, 1.165) is 0 Å². The zero-order valence-electron chi connectivity index (χ0n) is 4.97. The maximum Gasteiger partial charge on any atom is 0.0345 e. The van der Waals surface area contributed by atoms with E-state index in [-0.39, 0.29) is 0 Å². The molecule has 1 rings (SSSR count). The van der Waals surface area contributed by atoms with Gasteiger partial charge in [0.15, 0.2) is 0 Å². The Bertz CT molecular complexity index is 101. The van der Waals surface area contributed by atoms with E-state index in [4.69, 9.17) is 0 Å². The number of nitrogens with zero attached hydrogens (tertiary/aromatic N) is 1. The fourth-order valence-corrected chi connectivity index (χ4v) is 1.25. The molecular formula is C6H10IN. The van der Waals surface area contributed by atoms with Gasteiger partial charge in [0, 0.05) is 35.5 Å². The van der Waals surface area contributed by atoms with Gasteiger partial charge >= 0.3 is 0 Å². The van der Waals surface area contributed by atoms with Gasteiger partial charge in [-0.2, -0.15) is 0 Å². The van der Waals surface area contributed by atoms with Crippen LogP contribution < -0.4 is 0 Å². The number of hydrogen-bond donors (Lipinski definition) is 0. The lowest BCUT2D eigenvalue weighted by Crippen LogP contribution is -2.24. The molecule has 1 atom stereocenters. The average Bonchev–Trinajstić information content (AvgIpc) is 1.77. The van der Waals surface area contributed by atoms with Gasteiger partial charge in [-0.1, -0.05) is 12.2 Å². The third-order valence-corrected chi connectivity index (χ3v) is 2.73. The van der Waals surface area contributed by atoms with Crippen LogP contribution in [-0.2, 0) is 0 Å². The summed E-state index contributed by atoms with van der Waals surface area (Å²) in [6.45, 7) is 3.42. The highest BCUT2D eigenvalue weighted by atomic mass is 127. The highest BCUT2D eigenvalue weighted by Crippen LogP contribution is 2.12. The van der Waals surface area contributed by atoms with E-state index in [1.807, 2.05) is 0 Å². The molecule has 0 radical (unpaired) electrons. The van der Waals surface area contributed by atoms with E-state index < -0.39 is 0 Å². The first-order valence-electron chi connectivity index (χ1n) is 2.90. The van der Waals surface area contributed by atoms with Gasteiger partial charge in [-0.05, 0) is 13.3 Å². The van der Waals surface area contributed by atoms with Gasteiger partial charge in [0.2, 0.25) is 0 Å². The topological polar surface area (TPSA) is 3.24 Å². The van der Waals surface area contributed by atoms with Gasteiger partial charge in [-0.15, -0.1) is 0 Å². The molecule has 0 aromatic carbocycles. The smallest absolute Gasteiger partial charge is 0.0345 e. The molecule has 0 aromatic heterocycles. The molecule has 1 aliphatic rings. The summed E-state index contributed by atoms with van der Waals surface area (Å²) in [5.74, 6) is 0. The van der Waals surface area contributed by atoms with Crippen LogP contribution in [0.25, 0.3) is 0 Å². The number of hydrogen-bond acceptors (Lipinski definition) is 1. The molecule has 0 aromatic rings. The van der Waals surface area contributed by atoms with E-state index in [2.05, 4.69) is 45.1 Å². The van der Waals surface area contributed by atoms with E-state index in [1.54, 1.807) is 0 Å². The molecule has 1 aliphatic heterocycles. The number of halogens is 1. The SMILES string of the molecule is CC1C=CCCN1I. The molecule has 0 N–H and O–H groups in total. The van der Waals surface area contributed by atoms with Crippen LogP contribution in [0.2, 0.25) is 0 Å². The Kier molecular flexibility index (Phi) is 2.31. The zero-order valence-corrected chi connectivity index (χ0v) is 7.13. The molecule has 1 unspecified atom stereocenters. The normalized spacial score (nSPS) is 31.0. The summed E-state index contributed by atoms with van der Waals surface area (Å²) < 4.78 is 2.32. The minimum atomic E-state index is 0.643. The summed E-state index contributed by atoms with van der Waals surface area (Å²) in [6.07, 6.45) is 5.71. The van der Waals surface area contributed by atoms with Crippen molar-refractivity contribution in [2.45, 2.75) is 19.4 Å². The Hall–Kier alpha value is 0.430. The predicted molar refractivity (Wildman–Crippen MR) is 43.9 cm³/mol. The van der Waals surface area contributed by atoms with Crippen molar-refractivity contribution in [1.29, 1.82) is 0 Å². The first-order valence-corrected chi connectivity index (χ1v) is 3.86. The van der Waals surface area contributed by atoms with Crippen LogP contribution in [0, 0.1) is 0 Å². The van der Waals surface area contributed by atoms with Gasteiger partial charge in [-0.3, -0.25) is 0 Å². The molecule has 0 bridgehead atoms. The van der Waals surface area contributed by atoms with Crippen LogP contribution in [0.4, 0.5) is 0 Å². The highest BCUT2D eigenvalue weighted by molar-refractivity contribution is 14.1. The summed E-state index contributed by atoms with van der Waals surface area (Å²) in [6, 6.07) is 0.643. The summed E-state index contributed by atoms with van der Waals surface area (Å²) >= 11 is 2.36. The maximum atomic E-state index is 2.36. The van der Waals surface area contributed by atoms with E-state index in [0.29, 0.717) is 6.04 Å². The Balaban J connectivity index is 2.47. The monoisotopic (exact) mass is 223 g/mol. The quantitative estimate of drug-likeness (QED) is 0.345. The first-order chi connectivity index (χ1) is 3.80. The Labute approximate surface area is 64.2 Å². The molecule has 2 heteroatoms. The second-order valence-corrected chi connectivity index (χ2v) is 3.32. The lowest BCUT2D eigenvalue weighted by atomic mass is 10.2. The summed E-state index contributed by atoms with van der Waals surface area (Å²) in [5, 5.41) is 0. The van der Waals surface area contributed by atoms with Gasteiger partial charge in [0.05, 0.1) is 0 Å². The Morgan fingerprint density at radius 2 is 2.50 bits per heavy atom. The second-order valence-electron chi connectivity index (χ2n) is 2.08. The largest absolute Gasteiger partial charge is 0.241 e. The van der Waals surface area contributed by atoms with Crippen molar-refractivity contribution < 1.29 is 0 Å². The van der Waals surface area contributed by atoms with Crippen LogP contribution in [-0.4, -0.2) is 15.7 Å². The van der Waals surface area contributed by atoms with E-state index in [1.165, 1.54) is 13.0 Å². The summed E-state index contributed by atoms with van der Waals surface area (Å²) in [5.41, 5.74) is 0. The molecule has 46 valence electrons.